The molecule has 2 aliphatic heterocycles. The van der Waals surface area contributed by atoms with Gasteiger partial charge in [-0.25, -0.2) is 14.5 Å². The van der Waals surface area contributed by atoms with E-state index >= 15 is 0 Å². The lowest BCUT2D eigenvalue weighted by Crippen LogP contribution is -2.65. The first kappa shape index (κ1) is 27.6. The Morgan fingerprint density at radius 1 is 1.14 bits per heavy atom. The van der Waals surface area contributed by atoms with Crippen LogP contribution in [0.3, 0.4) is 0 Å². The summed E-state index contributed by atoms with van der Waals surface area (Å²) in [5.74, 6) is -0.203. The number of rotatable bonds is 10. The van der Waals surface area contributed by atoms with Crippen LogP contribution in [-0.4, -0.2) is 80.5 Å². The smallest absolute Gasteiger partial charge is 0.329 e. The molecule has 2 heterocycles. The monoisotopic (exact) mass is 530 g/mol. The molecular weight excluding hydrogens is 488 g/mol. The van der Waals surface area contributed by atoms with Gasteiger partial charge in [-0.05, 0) is 42.7 Å². The maximum atomic E-state index is 13.4. The zero-order valence-electron chi connectivity index (χ0n) is 22.7. The van der Waals surface area contributed by atoms with Crippen molar-refractivity contribution >= 4 is 26.0 Å². The summed E-state index contributed by atoms with van der Waals surface area (Å²) in [5.41, 5.74) is 0.0312. The third-order valence-electron chi connectivity index (χ3n) is 7.88. The van der Waals surface area contributed by atoms with Crippen LogP contribution in [0.15, 0.2) is 30.3 Å². The Kier molecular flexibility index (Phi) is 8.30. The number of ether oxygens (including phenoxy) is 2. The number of amides is 5. The average molecular weight is 531 g/mol. The van der Waals surface area contributed by atoms with Gasteiger partial charge in [-0.1, -0.05) is 56.9 Å². The van der Waals surface area contributed by atoms with Crippen LogP contribution >= 0.6 is 0 Å². The molecule has 4 rings (SSSR count). The molecule has 37 heavy (non-hydrogen) atoms. The Hall–Kier alpha value is -2.43. The van der Waals surface area contributed by atoms with Gasteiger partial charge in [0, 0.05) is 33.8 Å². The number of nitrogens with one attached hydrogen (secondary N) is 2. The molecule has 1 aliphatic carbocycles. The van der Waals surface area contributed by atoms with E-state index in [2.05, 4.69) is 37.2 Å². The lowest BCUT2D eigenvalue weighted by molar-refractivity contribution is -0.162. The lowest BCUT2D eigenvalue weighted by Gasteiger charge is -2.47. The van der Waals surface area contributed by atoms with E-state index in [1.165, 1.54) is 4.90 Å². The van der Waals surface area contributed by atoms with Crippen LogP contribution in [0, 0.1) is 5.41 Å². The largest absolute Gasteiger partial charge is 0.375 e. The fourth-order valence-electron chi connectivity index (χ4n) is 5.24. The van der Waals surface area contributed by atoms with E-state index in [0.717, 1.165) is 37.3 Å². The summed E-state index contributed by atoms with van der Waals surface area (Å²) in [6.45, 7) is 11.0. The van der Waals surface area contributed by atoms with Crippen molar-refractivity contribution in [3.05, 3.63) is 35.9 Å². The standard InChI is InChI=1S/C27H42N4O5Si/c1-26(12-10-22(11-13-26)29-24(33)28-16-21-8-6-5-7-9-21)17-31-25(34)30(20-35-14-15-37(2,3)4)23(32)27(31)18-36-19-27/h5-9,22H,10-20H2,1-4H3,(H2,28,29,33). The van der Waals surface area contributed by atoms with Crippen molar-refractivity contribution in [1.29, 1.82) is 0 Å². The van der Waals surface area contributed by atoms with E-state index < -0.39 is 13.6 Å². The average Bonchev–Trinajstić information content (AvgIpc) is 3.03. The summed E-state index contributed by atoms with van der Waals surface area (Å²) in [5, 5.41) is 6.02. The quantitative estimate of drug-likeness (QED) is 0.272. The topological polar surface area (TPSA) is 100 Å². The Morgan fingerprint density at radius 3 is 2.41 bits per heavy atom. The van der Waals surface area contributed by atoms with Crippen molar-refractivity contribution < 1.29 is 23.9 Å². The van der Waals surface area contributed by atoms with Crippen LogP contribution in [0.25, 0.3) is 0 Å². The molecule has 9 nitrogen and oxygen atoms in total. The first-order valence-electron chi connectivity index (χ1n) is 13.4. The van der Waals surface area contributed by atoms with Crippen molar-refractivity contribution in [2.45, 2.75) is 76.4 Å². The van der Waals surface area contributed by atoms with Crippen LogP contribution in [0.4, 0.5) is 9.59 Å². The molecule has 2 saturated heterocycles. The second-order valence-corrected chi connectivity index (χ2v) is 18.0. The van der Waals surface area contributed by atoms with E-state index in [1.807, 2.05) is 30.3 Å². The van der Waals surface area contributed by atoms with E-state index in [0.29, 0.717) is 19.7 Å². The van der Waals surface area contributed by atoms with Crippen molar-refractivity contribution in [2.24, 2.45) is 5.41 Å². The van der Waals surface area contributed by atoms with Crippen LogP contribution in [0.5, 0.6) is 0 Å². The van der Waals surface area contributed by atoms with Crippen molar-refractivity contribution in [2.75, 3.05) is 33.1 Å². The predicted molar refractivity (Wildman–Crippen MR) is 144 cm³/mol. The first-order chi connectivity index (χ1) is 17.5. The maximum Gasteiger partial charge on any atom is 0.329 e. The van der Waals surface area contributed by atoms with E-state index in [9.17, 15) is 14.4 Å². The van der Waals surface area contributed by atoms with Gasteiger partial charge in [0.25, 0.3) is 5.91 Å². The SMILES string of the molecule is CC1(CN2C(=O)N(COCC[Si](C)(C)C)C(=O)C23COC3)CCC(NC(=O)NCc2ccccc2)CC1. The summed E-state index contributed by atoms with van der Waals surface area (Å²) in [7, 11) is -1.26. The van der Waals surface area contributed by atoms with Gasteiger partial charge in [0.05, 0.1) is 13.2 Å². The normalized spacial score (nSPS) is 25.4. The number of hydrogen-bond donors (Lipinski definition) is 2. The summed E-state index contributed by atoms with van der Waals surface area (Å²) in [4.78, 5) is 42.0. The molecule has 0 atom stereocenters. The molecule has 204 valence electrons. The molecule has 3 aliphatic rings. The maximum absolute atomic E-state index is 13.4. The van der Waals surface area contributed by atoms with E-state index in [1.54, 1.807) is 4.90 Å². The van der Waals surface area contributed by atoms with Gasteiger partial charge in [-0.15, -0.1) is 0 Å². The summed E-state index contributed by atoms with van der Waals surface area (Å²) < 4.78 is 11.2. The van der Waals surface area contributed by atoms with Crippen molar-refractivity contribution in [3.8, 4) is 0 Å². The molecular formula is C27H42N4O5Si. The highest BCUT2D eigenvalue weighted by Crippen LogP contribution is 2.42. The number of benzene rings is 1. The Labute approximate surface area is 221 Å². The molecule has 1 aromatic rings. The minimum atomic E-state index is -1.26. The zero-order chi connectivity index (χ0) is 26.7. The summed E-state index contributed by atoms with van der Waals surface area (Å²) in [6.07, 6.45) is 3.38. The summed E-state index contributed by atoms with van der Waals surface area (Å²) in [6, 6.07) is 10.5. The Morgan fingerprint density at radius 2 is 1.81 bits per heavy atom. The summed E-state index contributed by atoms with van der Waals surface area (Å²) >= 11 is 0. The van der Waals surface area contributed by atoms with Crippen molar-refractivity contribution in [3.63, 3.8) is 0 Å². The zero-order valence-corrected chi connectivity index (χ0v) is 23.7. The molecule has 1 aromatic carbocycles. The highest BCUT2D eigenvalue weighted by atomic mass is 28.3. The van der Waals surface area contributed by atoms with Gasteiger partial charge in [0.2, 0.25) is 0 Å². The number of urea groups is 2. The highest BCUT2D eigenvalue weighted by Gasteiger charge is 2.62. The Bertz CT molecular complexity index is 971. The number of imide groups is 1. The fraction of sp³-hybridized carbons (Fsp3) is 0.667. The third-order valence-corrected chi connectivity index (χ3v) is 9.59. The predicted octanol–water partition coefficient (Wildman–Crippen LogP) is 3.78. The van der Waals surface area contributed by atoms with Gasteiger partial charge in [0.15, 0.2) is 5.54 Å². The van der Waals surface area contributed by atoms with E-state index in [-0.39, 0.29) is 49.4 Å². The van der Waals surface area contributed by atoms with E-state index in [4.69, 9.17) is 9.47 Å². The molecule has 0 unspecified atom stereocenters. The van der Waals surface area contributed by atoms with Gasteiger partial charge in [-0.3, -0.25) is 4.79 Å². The molecule has 3 fully saturated rings. The van der Waals surface area contributed by atoms with Crippen molar-refractivity contribution in [1.82, 2.24) is 20.4 Å². The number of carbonyl (C=O) groups is 3. The molecule has 10 heteroatoms. The van der Waals surface area contributed by atoms with Crippen LogP contribution < -0.4 is 10.6 Å². The second-order valence-electron chi connectivity index (χ2n) is 12.4. The Balaban J connectivity index is 1.28. The lowest BCUT2D eigenvalue weighted by atomic mass is 9.73. The first-order valence-corrected chi connectivity index (χ1v) is 17.1. The van der Waals surface area contributed by atoms with Gasteiger partial charge in [0.1, 0.15) is 6.73 Å². The molecule has 0 aromatic heterocycles. The molecule has 2 N–H and O–H groups in total. The molecule has 0 radical (unpaired) electrons. The van der Waals surface area contributed by atoms with Gasteiger partial charge < -0.3 is 25.0 Å². The van der Waals surface area contributed by atoms with Crippen LogP contribution in [0.1, 0.15) is 38.2 Å². The van der Waals surface area contributed by atoms with Gasteiger partial charge >= 0.3 is 12.1 Å². The third kappa shape index (κ3) is 6.53. The highest BCUT2D eigenvalue weighted by molar-refractivity contribution is 6.76. The minimum absolute atomic E-state index is 0.00119. The number of carbonyl (C=O) groups excluding carboxylic acids is 3. The number of nitrogens with zero attached hydrogens (tertiary/aromatic N) is 2. The molecule has 0 bridgehead atoms. The number of hydrogen-bond acceptors (Lipinski definition) is 5. The van der Waals surface area contributed by atoms with Crippen LogP contribution in [-0.2, 0) is 20.8 Å². The molecule has 1 spiro atoms. The fourth-order valence-corrected chi connectivity index (χ4v) is 5.99. The van der Waals surface area contributed by atoms with Gasteiger partial charge in [-0.2, -0.15) is 0 Å². The molecule has 5 amide bonds. The second kappa shape index (κ2) is 11.1. The van der Waals surface area contributed by atoms with Crippen LogP contribution in [0.2, 0.25) is 25.7 Å². The molecule has 1 saturated carbocycles. The minimum Gasteiger partial charge on any atom is -0.375 e.